The molecule has 1 atom stereocenters. The highest BCUT2D eigenvalue weighted by molar-refractivity contribution is 5.91. The van der Waals surface area contributed by atoms with Gasteiger partial charge in [0.2, 0.25) is 5.91 Å². The summed E-state index contributed by atoms with van der Waals surface area (Å²) in [4.78, 5) is 35.8. The molecule has 1 aromatic heterocycles. The number of likely N-dealkylation sites (tertiary alicyclic amines) is 1. The predicted molar refractivity (Wildman–Crippen MR) is 72.5 cm³/mol. The molecule has 0 saturated carbocycles. The number of hydrogen-bond donors (Lipinski definition) is 2. The lowest BCUT2D eigenvalue weighted by atomic mass is 9.87. The molecule has 2 heterocycles. The van der Waals surface area contributed by atoms with Gasteiger partial charge in [-0.1, -0.05) is 6.92 Å². The second-order valence-electron chi connectivity index (χ2n) is 5.17. The van der Waals surface area contributed by atoms with Crippen LogP contribution < -0.4 is 5.32 Å². The van der Waals surface area contributed by atoms with Gasteiger partial charge in [0.05, 0.1) is 12.2 Å². The Morgan fingerprint density at radius 1 is 1.48 bits per heavy atom. The van der Waals surface area contributed by atoms with Crippen LogP contribution in [-0.4, -0.2) is 47.4 Å². The lowest BCUT2D eigenvalue weighted by molar-refractivity contribution is -0.150. The molecule has 0 bridgehead atoms. The van der Waals surface area contributed by atoms with Crippen LogP contribution in [0.2, 0.25) is 0 Å². The minimum atomic E-state index is -0.835. The van der Waals surface area contributed by atoms with E-state index in [1.807, 2.05) is 0 Å². The molecule has 21 heavy (non-hydrogen) atoms. The number of nitrogens with one attached hydrogen (secondary N) is 1. The lowest BCUT2D eigenvalue weighted by Gasteiger charge is -2.41. The van der Waals surface area contributed by atoms with Gasteiger partial charge in [0, 0.05) is 32.0 Å². The predicted octanol–water partition coefficient (Wildman–Crippen LogP) is 0.579. The molecule has 1 saturated heterocycles. The number of rotatable bonds is 6. The van der Waals surface area contributed by atoms with Crippen molar-refractivity contribution in [3.05, 3.63) is 24.2 Å². The molecule has 0 radical (unpaired) electrons. The summed E-state index contributed by atoms with van der Waals surface area (Å²) in [6.07, 6.45) is 1.60. The van der Waals surface area contributed by atoms with E-state index >= 15 is 0 Å². The second-order valence-corrected chi connectivity index (χ2v) is 5.17. The topological polar surface area (TPSA) is 99.9 Å². The quantitative estimate of drug-likeness (QED) is 0.799. The lowest BCUT2D eigenvalue weighted by Crippen LogP contribution is -2.53. The normalized spacial score (nSPS) is 16.1. The van der Waals surface area contributed by atoms with E-state index in [0.29, 0.717) is 13.1 Å². The first kappa shape index (κ1) is 15.1. The smallest absolute Gasteiger partial charge is 0.306 e. The number of carboxylic acids is 1. The first-order valence-electron chi connectivity index (χ1n) is 6.81. The van der Waals surface area contributed by atoms with Gasteiger partial charge in [-0.2, -0.15) is 0 Å². The van der Waals surface area contributed by atoms with Crippen molar-refractivity contribution in [1.82, 2.24) is 10.2 Å². The molecule has 2 N–H and O–H groups in total. The monoisotopic (exact) mass is 294 g/mol. The van der Waals surface area contributed by atoms with Gasteiger partial charge in [-0.3, -0.25) is 14.4 Å². The van der Waals surface area contributed by atoms with E-state index in [1.54, 1.807) is 24.0 Å². The molecule has 2 rings (SSSR count). The summed E-state index contributed by atoms with van der Waals surface area (Å²) in [6.45, 7) is 2.82. The summed E-state index contributed by atoms with van der Waals surface area (Å²) < 4.78 is 4.93. The van der Waals surface area contributed by atoms with Crippen LogP contribution in [0.3, 0.4) is 0 Å². The fraction of sp³-hybridized carbons (Fsp3) is 0.500. The minimum Gasteiger partial charge on any atom is -0.481 e. The summed E-state index contributed by atoms with van der Waals surface area (Å²) in [5.74, 6) is -1.48. The third-order valence-electron chi connectivity index (χ3n) is 3.73. The number of carboxylic acid groups (broad SMARTS) is 1. The molecule has 1 unspecified atom stereocenters. The fourth-order valence-electron chi connectivity index (χ4n) is 2.17. The maximum Gasteiger partial charge on any atom is 0.306 e. The summed E-state index contributed by atoms with van der Waals surface area (Å²) >= 11 is 0. The number of nitrogens with zero attached hydrogens (tertiary/aromatic N) is 1. The molecule has 0 aromatic carbocycles. The average Bonchev–Trinajstić information content (AvgIpc) is 2.90. The van der Waals surface area contributed by atoms with E-state index in [4.69, 9.17) is 9.52 Å². The Bertz CT molecular complexity index is 519. The number of carbonyl (C=O) groups excluding carboxylic acids is 2. The first-order chi connectivity index (χ1) is 9.99. The zero-order valence-corrected chi connectivity index (χ0v) is 11.7. The van der Waals surface area contributed by atoms with Crippen LogP contribution in [0.15, 0.2) is 22.8 Å². The maximum absolute atomic E-state index is 11.8. The Morgan fingerprint density at radius 3 is 2.76 bits per heavy atom. The van der Waals surface area contributed by atoms with Crippen LogP contribution in [-0.2, 0) is 9.59 Å². The van der Waals surface area contributed by atoms with Crippen molar-refractivity contribution in [2.24, 2.45) is 11.8 Å². The van der Waals surface area contributed by atoms with Crippen molar-refractivity contribution in [2.45, 2.75) is 13.3 Å². The van der Waals surface area contributed by atoms with Gasteiger partial charge in [-0.15, -0.1) is 0 Å². The molecule has 7 nitrogen and oxygen atoms in total. The van der Waals surface area contributed by atoms with Gasteiger partial charge in [0.15, 0.2) is 5.76 Å². The largest absolute Gasteiger partial charge is 0.481 e. The van der Waals surface area contributed by atoms with Crippen molar-refractivity contribution in [3.8, 4) is 0 Å². The molecule has 114 valence electrons. The van der Waals surface area contributed by atoms with Crippen LogP contribution in [0.4, 0.5) is 0 Å². The number of hydrogen-bond acceptors (Lipinski definition) is 4. The fourth-order valence-corrected chi connectivity index (χ4v) is 2.17. The molecule has 1 fully saturated rings. The van der Waals surface area contributed by atoms with Crippen LogP contribution in [0, 0.1) is 11.8 Å². The molecular weight excluding hydrogens is 276 g/mol. The van der Waals surface area contributed by atoms with E-state index in [9.17, 15) is 14.4 Å². The van der Waals surface area contributed by atoms with E-state index < -0.39 is 11.9 Å². The molecule has 0 aliphatic carbocycles. The Kier molecular flexibility index (Phi) is 4.62. The van der Waals surface area contributed by atoms with Crippen molar-refractivity contribution in [2.75, 3.05) is 19.6 Å². The van der Waals surface area contributed by atoms with Gasteiger partial charge in [-0.25, -0.2) is 0 Å². The summed E-state index contributed by atoms with van der Waals surface area (Å²) in [5, 5.41) is 11.5. The third kappa shape index (κ3) is 3.62. The van der Waals surface area contributed by atoms with Crippen molar-refractivity contribution >= 4 is 17.8 Å². The first-order valence-corrected chi connectivity index (χ1v) is 6.81. The van der Waals surface area contributed by atoms with Crippen molar-refractivity contribution in [1.29, 1.82) is 0 Å². The van der Waals surface area contributed by atoms with Crippen molar-refractivity contribution < 1.29 is 23.9 Å². The highest BCUT2D eigenvalue weighted by Crippen LogP contribution is 2.24. The zero-order valence-electron chi connectivity index (χ0n) is 11.7. The SMILES string of the molecule is CC(C(=O)O)C1CN(C(=O)CCNC(=O)c2ccco2)C1. The highest BCUT2D eigenvalue weighted by Gasteiger charge is 2.36. The van der Waals surface area contributed by atoms with E-state index in [0.717, 1.165) is 0 Å². The summed E-state index contributed by atoms with van der Waals surface area (Å²) in [6, 6.07) is 3.16. The minimum absolute atomic E-state index is 0.0177. The van der Waals surface area contributed by atoms with Crippen LogP contribution in [0.25, 0.3) is 0 Å². The van der Waals surface area contributed by atoms with Crippen LogP contribution >= 0.6 is 0 Å². The average molecular weight is 294 g/mol. The molecule has 0 spiro atoms. The van der Waals surface area contributed by atoms with Gasteiger partial charge in [0.1, 0.15) is 0 Å². The van der Waals surface area contributed by atoms with Crippen molar-refractivity contribution in [3.63, 3.8) is 0 Å². The Labute approximate surface area is 121 Å². The summed E-state index contributed by atoms with van der Waals surface area (Å²) in [7, 11) is 0. The van der Waals surface area contributed by atoms with Gasteiger partial charge < -0.3 is 19.7 Å². The molecule has 7 heteroatoms. The van der Waals surface area contributed by atoms with Gasteiger partial charge >= 0.3 is 5.97 Å². The summed E-state index contributed by atoms with van der Waals surface area (Å²) in [5.41, 5.74) is 0. The zero-order chi connectivity index (χ0) is 15.4. The Morgan fingerprint density at radius 2 is 2.19 bits per heavy atom. The standard InChI is InChI=1S/C14H18N2O5/c1-9(14(19)20)10-7-16(8-10)12(17)4-5-15-13(18)11-3-2-6-21-11/h2-3,6,9-10H,4-5,7-8H2,1H3,(H,15,18)(H,19,20). The Balaban J connectivity index is 1.65. The van der Waals surface area contributed by atoms with E-state index in [1.165, 1.54) is 6.26 Å². The second kappa shape index (κ2) is 6.43. The van der Waals surface area contributed by atoms with E-state index in [-0.39, 0.29) is 36.5 Å². The molecule has 1 aliphatic rings. The van der Waals surface area contributed by atoms with Gasteiger partial charge in [-0.05, 0) is 12.1 Å². The molecule has 2 amide bonds. The van der Waals surface area contributed by atoms with Crippen LogP contribution in [0.5, 0.6) is 0 Å². The number of furan rings is 1. The number of aliphatic carboxylic acids is 1. The molecule has 1 aliphatic heterocycles. The molecular formula is C14H18N2O5. The highest BCUT2D eigenvalue weighted by atomic mass is 16.4. The maximum atomic E-state index is 11.8. The van der Waals surface area contributed by atoms with Crippen LogP contribution in [0.1, 0.15) is 23.9 Å². The van der Waals surface area contributed by atoms with E-state index in [2.05, 4.69) is 5.32 Å². The number of carbonyl (C=O) groups is 3. The third-order valence-corrected chi connectivity index (χ3v) is 3.73. The Hall–Kier alpha value is -2.31. The van der Waals surface area contributed by atoms with Gasteiger partial charge in [0.25, 0.3) is 5.91 Å². The number of amides is 2. The molecule has 1 aromatic rings.